The topological polar surface area (TPSA) is 152 Å². The number of nitriles is 1. The first kappa shape index (κ1) is 38.0. The molecule has 14 heteroatoms. The van der Waals surface area contributed by atoms with Gasteiger partial charge in [-0.15, -0.1) is 0 Å². The maximum Gasteiger partial charge on any atom is 0.262 e. The van der Waals surface area contributed by atoms with Crippen molar-refractivity contribution in [1.29, 1.82) is 5.26 Å². The Morgan fingerprint density at radius 1 is 0.964 bits per heavy atom. The SMILES string of the molecule is CC1(C)C(NC(=O)c2ccc(CCN3CCN(c4cc5c(cc4F)C(=O)N(C4CCC(=O)NC4=O)C5=O)CC3)cc2)C(C)(C)C1Oc1ccc(C#N)c(Cl)c1. The predicted octanol–water partition coefficient (Wildman–Crippen LogP) is 4.73. The third kappa shape index (κ3) is 6.93. The van der Waals surface area contributed by atoms with E-state index in [1.165, 1.54) is 6.07 Å². The van der Waals surface area contributed by atoms with E-state index in [2.05, 4.69) is 49.3 Å². The minimum atomic E-state index is -1.11. The third-order valence-electron chi connectivity index (χ3n) is 11.6. The van der Waals surface area contributed by atoms with Crippen molar-refractivity contribution in [1.82, 2.24) is 20.4 Å². The van der Waals surface area contributed by atoms with Crippen molar-refractivity contribution in [3.05, 3.63) is 93.3 Å². The van der Waals surface area contributed by atoms with Crippen molar-refractivity contribution >= 4 is 46.8 Å². The molecule has 1 unspecified atom stereocenters. The van der Waals surface area contributed by atoms with Gasteiger partial charge < -0.3 is 15.0 Å². The van der Waals surface area contributed by atoms with E-state index in [1.807, 2.05) is 29.2 Å². The van der Waals surface area contributed by atoms with Gasteiger partial charge in [0.2, 0.25) is 11.8 Å². The number of nitrogens with one attached hydrogen (secondary N) is 2. The molecule has 4 aliphatic rings. The van der Waals surface area contributed by atoms with E-state index in [-0.39, 0.29) is 58.5 Å². The van der Waals surface area contributed by atoms with Crippen LogP contribution in [0.1, 0.15) is 82.7 Å². The lowest BCUT2D eigenvalue weighted by molar-refractivity contribution is -0.164. The van der Waals surface area contributed by atoms with Crippen LogP contribution < -0.4 is 20.3 Å². The zero-order valence-corrected chi connectivity index (χ0v) is 31.8. The number of hydrogen-bond acceptors (Lipinski definition) is 9. The molecule has 1 saturated carbocycles. The Morgan fingerprint density at radius 2 is 1.62 bits per heavy atom. The fourth-order valence-corrected chi connectivity index (χ4v) is 9.07. The largest absolute Gasteiger partial charge is 0.489 e. The number of rotatable bonds is 9. The van der Waals surface area contributed by atoms with Gasteiger partial charge in [-0.1, -0.05) is 51.4 Å². The second kappa shape index (κ2) is 14.4. The number of hydrogen-bond donors (Lipinski definition) is 2. The third-order valence-corrected chi connectivity index (χ3v) is 11.9. The van der Waals surface area contributed by atoms with Gasteiger partial charge >= 0.3 is 0 Å². The molecule has 0 aromatic heterocycles. The van der Waals surface area contributed by atoms with Crippen molar-refractivity contribution in [2.75, 3.05) is 37.6 Å². The molecular formula is C41H42ClFN6O6. The molecule has 3 aromatic rings. The molecule has 286 valence electrons. The molecule has 5 amide bonds. The number of carbonyl (C=O) groups is 5. The minimum absolute atomic E-state index is 0.00605. The second-order valence-electron chi connectivity index (χ2n) is 15.9. The highest BCUT2D eigenvalue weighted by molar-refractivity contribution is 6.31. The summed E-state index contributed by atoms with van der Waals surface area (Å²) in [5.41, 5.74) is 1.44. The van der Waals surface area contributed by atoms with E-state index in [0.717, 1.165) is 29.5 Å². The molecule has 3 fully saturated rings. The summed E-state index contributed by atoms with van der Waals surface area (Å²) in [4.78, 5) is 68.7. The predicted molar refractivity (Wildman–Crippen MR) is 201 cm³/mol. The lowest BCUT2D eigenvalue weighted by Crippen LogP contribution is -2.74. The van der Waals surface area contributed by atoms with Crippen LogP contribution in [0.4, 0.5) is 10.1 Å². The van der Waals surface area contributed by atoms with Gasteiger partial charge in [0, 0.05) is 67.6 Å². The number of benzene rings is 3. The van der Waals surface area contributed by atoms with Crippen molar-refractivity contribution < 1.29 is 33.1 Å². The molecular weight excluding hydrogens is 727 g/mol. The fourth-order valence-electron chi connectivity index (χ4n) is 8.85. The van der Waals surface area contributed by atoms with Crippen LogP contribution in [-0.2, 0) is 16.0 Å². The Hall–Kier alpha value is -5.32. The molecule has 3 aliphatic heterocycles. The molecule has 7 rings (SSSR count). The smallest absolute Gasteiger partial charge is 0.262 e. The highest BCUT2D eigenvalue weighted by Gasteiger charge is 2.64. The summed E-state index contributed by atoms with van der Waals surface area (Å²) >= 11 is 6.22. The fraction of sp³-hybridized carbons (Fsp3) is 0.415. The van der Waals surface area contributed by atoms with E-state index < -0.39 is 35.5 Å². The van der Waals surface area contributed by atoms with Crippen molar-refractivity contribution in [2.24, 2.45) is 10.8 Å². The number of ether oxygens (including phenoxy) is 1. The summed E-state index contributed by atoms with van der Waals surface area (Å²) in [5, 5.41) is 14.9. The van der Waals surface area contributed by atoms with Gasteiger partial charge in [0.15, 0.2) is 0 Å². The first-order valence-electron chi connectivity index (χ1n) is 18.4. The highest BCUT2D eigenvalue weighted by Crippen LogP contribution is 2.55. The molecule has 3 heterocycles. The zero-order valence-electron chi connectivity index (χ0n) is 31.1. The van der Waals surface area contributed by atoms with Crippen molar-refractivity contribution in [3.63, 3.8) is 0 Å². The average Bonchev–Trinajstić information content (AvgIpc) is 3.39. The van der Waals surface area contributed by atoms with Gasteiger partial charge in [-0.2, -0.15) is 5.26 Å². The van der Waals surface area contributed by atoms with Crippen LogP contribution in [0.2, 0.25) is 5.02 Å². The molecule has 12 nitrogen and oxygen atoms in total. The van der Waals surface area contributed by atoms with Crippen LogP contribution in [0.3, 0.4) is 0 Å². The molecule has 55 heavy (non-hydrogen) atoms. The molecule has 0 bridgehead atoms. The summed E-state index contributed by atoms with van der Waals surface area (Å²) < 4.78 is 21.7. The maximum atomic E-state index is 15.4. The number of halogens is 2. The number of fused-ring (bicyclic) bond motifs is 1. The minimum Gasteiger partial charge on any atom is -0.489 e. The van der Waals surface area contributed by atoms with Crippen molar-refractivity contribution in [3.8, 4) is 11.8 Å². The van der Waals surface area contributed by atoms with Gasteiger partial charge in [0.1, 0.15) is 29.8 Å². The van der Waals surface area contributed by atoms with E-state index >= 15 is 4.39 Å². The quantitative estimate of drug-likeness (QED) is 0.295. The number of carbonyl (C=O) groups excluding carboxylic acids is 5. The molecule has 1 aliphatic carbocycles. The Kier molecular flexibility index (Phi) is 9.94. The average molecular weight is 769 g/mol. The first-order valence-corrected chi connectivity index (χ1v) is 18.8. The number of anilines is 1. The van der Waals surface area contributed by atoms with Crippen LogP contribution >= 0.6 is 11.6 Å². The Labute approximate surface area is 323 Å². The van der Waals surface area contributed by atoms with Gasteiger partial charge in [-0.3, -0.25) is 39.1 Å². The number of piperidine rings is 1. The number of nitrogens with zero attached hydrogens (tertiary/aromatic N) is 4. The van der Waals surface area contributed by atoms with Gasteiger partial charge in [0.05, 0.1) is 27.4 Å². The van der Waals surface area contributed by atoms with Crippen LogP contribution in [-0.4, -0.2) is 90.2 Å². The summed E-state index contributed by atoms with van der Waals surface area (Å²) in [7, 11) is 0. The molecule has 2 saturated heterocycles. The summed E-state index contributed by atoms with van der Waals surface area (Å²) in [6.07, 6.45) is 0.579. The molecule has 3 aromatic carbocycles. The summed E-state index contributed by atoms with van der Waals surface area (Å²) in [5.74, 6) is -2.79. The van der Waals surface area contributed by atoms with E-state index in [9.17, 15) is 29.2 Å². The van der Waals surface area contributed by atoms with Gasteiger partial charge in [-0.25, -0.2) is 4.39 Å². The number of imide groups is 2. The van der Waals surface area contributed by atoms with E-state index in [1.54, 1.807) is 18.2 Å². The zero-order chi connectivity index (χ0) is 39.4. The van der Waals surface area contributed by atoms with Gasteiger partial charge in [-0.05, 0) is 54.8 Å². The molecule has 0 radical (unpaired) electrons. The highest BCUT2D eigenvalue weighted by atomic mass is 35.5. The van der Waals surface area contributed by atoms with Gasteiger partial charge in [0.25, 0.3) is 17.7 Å². The monoisotopic (exact) mass is 768 g/mol. The lowest BCUT2D eigenvalue weighted by atomic mass is 9.49. The summed E-state index contributed by atoms with van der Waals surface area (Å²) in [6, 6.07) is 15.8. The number of amides is 5. The normalized spacial score (nSPS) is 23.1. The van der Waals surface area contributed by atoms with Crippen LogP contribution in [0.5, 0.6) is 5.75 Å². The van der Waals surface area contributed by atoms with E-state index in [0.29, 0.717) is 48.1 Å². The lowest BCUT2D eigenvalue weighted by Gasteiger charge is -2.63. The molecule has 1 atom stereocenters. The Bertz CT molecular complexity index is 2130. The second-order valence-corrected chi connectivity index (χ2v) is 16.3. The molecule has 0 spiro atoms. The number of piperazine rings is 1. The standard InChI is InChI=1S/C41H42ClFN6O6/c1-40(2)38(41(3,4)39(40)55-26-10-9-25(22-44)29(42)19-26)46-34(51)24-7-5-23(6-8-24)13-14-47-15-17-48(18-16-47)32-21-28-27(20-30(32)43)36(53)49(37(28)54)31-11-12-33(50)45-35(31)52/h5-10,19-21,31,38-39H,11-18H2,1-4H3,(H,46,51)(H,45,50,52). The maximum absolute atomic E-state index is 15.4. The van der Waals surface area contributed by atoms with E-state index in [4.69, 9.17) is 16.3 Å². The molecule has 2 N–H and O–H groups in total. The first-order chi connectivity index (χ1) is 26.1. The van der Waals surface area contributed by atoms with Crippen LogP contribution in [0, 0.1) is 28.0 Å². The Balaban J connectivity index is 0.903. The van der Waals surface area contributed by atoms with Crippen LogP contribution in [0.15, 0.2) is 54.6 Å². The van der Waals surface area contributed by atoms with Crippen LogP contribution in [0.25, 0.3) is 0 Å². The summed E-state index contributed by atoms with van der Waals surface area (Å²) in [6.45, 7) is 11.3. The van der Waals surface area contributed by atoms with Crippen molar-refractivity contribution in [2.45, 2.75) is 65.1 Å². The Morgan fingerprint density at radius 3 is 2.24 bits per heavy atom.